The van der Waals surface area contributed by atoms with E-state index >= 15 is 4.39 Å². The van der Waals surface area contributed by atoms with Gasteiger partial charge in [0.2, 0.25) is 11.9 Å². The lowest BCUT2D eigenvalue weighted by molar-refractivity contribution is -0.141. The van der Waals surface area contributed by atoms with Crippen molar-refractivity contribution in [2.75, 3.05) is 0 Å². The summed E-state index contributed by atoms with van der Waals surface area (Å²) < 4.78 is 85.2. The molecule has 4 aromatic rings. The normalized spacial score (nSPS) is 18.6. The number of imidazole rings is 1. The average Bonchev–Trinajstić information content (AvgIpc) is 3.68. The van der Waals surface area contributed by atoms with Crippen LogP contribution in [0.3, 0.4) is 0 Å². The van der Waals surface area contributed by atoms with Crippen LogP contribution in [0, 0.1) is 17.6 Å². The van der Waals surface area contributed by atoms with Gasteiger partial charge in [0.15, 0.2) is 23.0 Å². The predicted molar refractivity (Wildman–Crippen MR) is 135 cm³/mol. The fourth-order valence-electron chi connectivity index (χ4n) is 5.43. The van der Waals surface area contributed by atoms with Gasteiger partial charge >= 0.3 is 12.1 Å². The number of pyridine rings is 1. The van der Waals surface area contributed by atoms with Crippen LogP contribution < -0.4 is 0 Å². The van der Waals surface area contributed by atoms with Gasteiger partial charge in [-0.3, -0.25) is 4.79 Å². The number of benzene rings is 1. The first-order valence-corrected chi connectivity index (χ1v) is 12.9. The van der Waals surface area contributed by atoms with Crippen LogP contribution in [-0.4, -0.2) is 57.9 Å². The first kappa shape index (κ1) is 28.4. The number of halogens is 7. The average molecular weight is 624 g/mol. The van der Waals surface area contributed by atoms with E-state index in [-0.39, 0.29) is 40.5 Å². The van der Waals surface area contributed by atoms with Crippen LogP contribution in [0.1, 0.15) is 52.9 Å². The van der Waals surface area contributed by atoms with Crippen molar-refractivity contribution in [2.24, 2.45) is 0 Å². The standard InChI is InChI=1S/C26H16ClF6N7O3/c27-13-2-4-14(39-9-16(37-38-39)26(31,32)33)18(20(13)29)10-7-11-1-3-15(40(11)17(41)8-10)24-35-21(23(30)36-24)12-5-6-34-22(19(12)28)25(42)43/h2,4-6,8-9,11,15H,1,3,7H2,(H,35,36)(H,42,43)/t11-,15+/m1/s1. The Balaban J connectivity index is 1.35. The molecule has 1 fully saturated rings. The fraction of sp³-hybridized carbons (Fsp3) is 0.231. The molecule has 0 radical (unpaired) electrons. The van der Waals surface area contributed by atoms with Crippen molar-refractivity contribution in [2.45, 2.75) is 37.5 Å². The van der Waals surface area contributed by atoms with Crippen LogP contribution in [-0.2, 0) is 11.0 Å². The number of carboxylic acid groups (broad SMARTS) is 1. The quantitative estimate of drug-likeness (QED) is 0.286. The van der Waals surface area contributed by atoms with Gasteiger partial charge in [-0.15, -0.1) is 5.10 Å². The molecule has 6 rings (SSSR count). The predicted octanol–water partition coefficient (Wildman–Crippen LogP) is 5.36. The smallest absolute Gasteiger partial charge is 0.436 e. The molecule has 5 heterocycles. The number of nitrogens with one attached hydrogen (secondary N) is 1. The summed E-state index contributed by atoms with van der Waals surface area (Å²) in [6.45, 7) is 0. The summed E-state index contributed by atoms with van der Waals surface area (Å²) in [5.74, 6) is -5.60. The number of hydrogen-bond donors (Lipinski definition) is 2. The lowest BCUT2D eigenvalue weighted by Gasteiger charge is -2.33. The van der Waals surface area contributed by atoms with E-state index < -0.39 is 70.4 Å². The second-order valence-corrected chi connectivity index (χ2v) is 10.2. The number of hydrogen-bond acceptors (Lipinski definition) is 6. The van der Waals surface area contributed by atoms with Gasteiger partial charge in [-0.2, -0.15) is 17.6 Å². The minimum Gasteiger partial charge on any atom is -0.476 e. The van der Waals surface area contributed by atoms with Gasteiger partial charge in [0, 0.05) is 29.4 Å². The van der Waals surface area contributed by atoms with Gasteiger partial charge in [0.25, 0.3) is 0 Å². The van der Waals surface area contributed by atoms with Crippen LogP contribution in [0.2, 0.25) is 5.02 Å². The van der Waals surface area contributed by atoms with E-state index in [1.807, 2.05) is 0 Å². The molecule has 10 nitrogen and oxygen atoms in total. The third kappa shape index (κ3) is 4.80. The number of amides is 1. The Morgan fingerprint density at radius 1 is 1.12 bits per heavy atom. The number of carboxylic acids is 1. The molecule has 2 aliphatic rings. The summed E-state index contributed by atoms with van der Waals surface area (Å²) in [5.41, 5.74) is -3.36. The highest BCUT2D eigenvalue weighted by atomic mass is 35.5. The van der Waals surface area contributed by atoms with E-state index in [2.05, 4.69) is 25.3 Å². The third-order valence-corrected chi connectivity index (χ3v) is 7.57. The summed E-state index contributed by atoms with van der Waals surface area (Å²) in [7, 11) is 0. The molecule has 1 aromatic carbocycles. The van der Waals surface area contributed by atoms with Gasteiger partial charge in [-0.25, -0.2) is 28.2 Å². The Morgan fingerprint density at radius 2 is 1.88 bits per heavy atom. The molecule has 3 aromatic heterocycles. The van der Waals surface area contributed by atoms with E-state index in [1.165, 1.54) is 11.0 Å². The summed E-state index contributed by atoms with van der Waals surface area (Å²) in [6.07, 6.45) is -1.41. The van der Waals surface area contributed by atoms with Gasteiger partial charge in [-0.1, -0.05) is 16.8 Å². The summed E-state index contributed by atoms with van der Waals surface area (Å²) in [6, 6.07) is 2.12. The minimum atomic E-state index is -4.80. The molecule has 2 aliphatic heterocycles. The Morgan fingerprint density at radius 3 is 2.58 bits per heavy atom. The molecule has 2 atom stereocenters. The van der Waals surface area contributed by atoms with Crippen LogP contribution in [0.15, 0.2) is 36.7 Å². The van der Waals surface area contributed by atoms with Crippen LogP contribution in [0.25, 0.3) is 22.5 Å². The number of aromatic carboxylic acids is 1. The monoisotopic (exact) mass is 623 g/mol. The number of aromatic nitrogens is 6. The Kier molecular flexibility index (Phi) is 6.75. The molecule has 2 N–H and O–H groups in total. The highest BCUT2D eigenvalue weighted by Crippen LogP contribution is 2.44. The van der Waals surface area contributed by atoms with E-state index in [0.29, 0.717) is 12.6 Å². The third-order valence-electron chi connectivity index (χ3n) is 7.28. The SMILES string of the molecule is O=C(O)c1nccc(-c2nc([C@@H]3CC[C@@H]4CC(c5c(-n6cc(C(F)(F)F)nn6)ccc(Cl)c5F)=CC(=O)N43)[nH]c2F)c1F. The van der Waals surface area contributed by atoms with Gasteiger partial charge in [0.05, 0.1) is 22.9 Å². The van der Waals surface area contributed by atoms with Crippen LogP contribution >= 0.6 is 11.6 Å². The Bertz CT molecular complexity index is 1840. The van der Waals surface area contributed by atoms with Crippen molar-refractivity contribution >= 4 is 29.1 Å². The van der Waals surface area contributed by atoms with Crippen molar-refractivity contribution in [3.8, 4) is 16.9 Å². The molecule has 0 unspecified atom stereocenters. The maximum atomic E-state index is 15.4. The Labute approximate surface area is 241 Å². The van der Waals surface area contributed by atoms with E-state index in [0.717, 1.165) is 29.1 Å². The second kappa shape index (κ2) is 10.2. The zero-order chi connectivity index (χ0) is 30.8. The number of aromatic amines is 1. The summed E-state index contributed by atoms with van der Waals surface area (Å²) in [4.78, 5) is 36.0. The number of carbonyl (C=O) groups excluding carboxylic acids is 1. The lowest BCUT2D eigenvalue weighted by Crippen LogP contribution is -2.39. The molecule has 17 heteroatoms. The molecule has 222 valence electrons. The molecule has 0 saturated carbocycles. The van der Waals surface area contributed by atoms with Crippen LogP contribution in [0.5, 0.6) is 0 Å². The fourth-order valence-corrected chi connectivity index (χ4v) is 5.58. The van der Waals surface area contributed by atoms with Crippen molar-refractivity contribution < 1.29 is 41.0 Å². The topological polar surface area (TPSA) is 130 Å². The zero-order valence-corrected chi connectivity index (χ0v) is 22.1. The highest BCUT2D eigenvalue weighted by Gasteiger charge is 2.43. The molecule has 0 bridgehead atoms. The number of carbonyl (C=O) groups is 2. The first-order valence-electron chi connectivity index (χ1n) is 12.5. The van der Waals surface area contributed by atoms with E-state index in [4.69, 9.17) is 16.7 Å². The molecule has 1 amide bonds. The van der Waals surface area contributed by atoms with Gasteiger partial charge in [-0.05, 0) is 43.0 Å². The van der Waals surface area contributed by atoms with Crippen molar-refractivity contribution in [1.29, 1.82) is 0 Å². The highest BCUT2D eigenvalue weighted by molar-refractivity contribution is 6.31. The lowest BCUT2D eigenvalue weighted by atomic mass is 9.92. The number of H-pyrrole nitrogens is 1. The molecular formula is C26H16ClF6N7O3. The zero-order valence-electron chi connectivity index (χ0n) is 21.3. The second-order valence-electron chi connectivity index (χ2n) is 9.78. The molecule has 0 spiro atoms. The Hall–Kier alpha value is -4.73. The largest absolute Gasteiger partial charge is 0.476 e. The van der Waals surface area contributed by atoms with Gasteiger partial charge in [0.1, 0.15) is 11.5 Å². The van der Waals surface area contributed by atoms with Crippen LogP contribution in [0.4, 0.5) is 26.3 Å². The number of alkyl halides is 3. The summed E-state index contributed by atoms with van der Waals surface area (Å²) >= 11 is 5.99. The van der Waals surface area contributed by atoms with Crippen molar-refractivity contribution in [3.05, 3.63) is 82.0 Å². The van der Waals surface area contributed by atoms with E-state index in [1.54, 1.807) is 0 Å². The van der Waals surface area contributed by atoms with Gasteiger partial charge < -0.3 is 15.0 Å². The van der Waals surface area contributed by atoms with E-state index in [9.17, 15) is 31.5 Å². The summed E-state index contributed by atoms with van der Waals surface area (Å²) in [5, 5.41) is 15.4. The molecule has 0 aliphatic carbocycles. The number of rotatable bonds is 5. The maximum absolute atomic E-state index is 15.4. The first-order chi connectivity index (χ1) is 20.3. The minimum absolute atomic E-state index is 0.0230. The molecule has 1 saturated heterocycles. The number of fused-ring (bicyclic) bond motifs is 1. The number of nitrogens with zero attached hydrogens (tertiary/aromatic N) is 6. The molecule has 43 heavy (non-hydrogen) atoms. The molecular weight excluding hydrogens is 608 g/mol. The van der Waals surface area contributed by atoms with Crippen molar-refractivity contribution in [3.63, 3.8) is 0 Å². The maximum Gasteiger partial charge on any atom is 0.436 e. The van der Waals surface area contributed by atoms with Crippen molar-refractivity contribution in [1.82, 2.24) is 34.8 Å².